The lowest BCUT2D eigenvalue weighted by molar-refractivity contribution is 1.27. The normalized spacial score (nSPS) is 28.5. The highest BCUT2D eigenvalue weighted by Gasteiger charge is 2.17. The standard InChI is InChI=1S/C12H15N5S2/c1-18-6-14-16-11(18)8-3-9(5-10(13)4-8)12-17-15-7-19(12)2/h3-7,18-19H,13H2,1-2H3. The van der Waals surface area contributed by atoms with E-state index in [1.54, 1.807) is 0 Å². The van der Waals surface area contributed by atoms with Crippen LogP contribution in [0.4, 0.5) is 5.69 Å². The highest BCUT2D eigenvalue weighted by atomic mass is 32.2. The van der Waals surface area contributed by atoms with Gasteiger partial charge in [-0.3, -0.25) is 0 Å². The second kappa shape index (κ2) is 4.82. The largest absolute Gasteiger partial charge is 0.399 e. The van der Waals surface area contributed by atoms with E-state index in [4.69, 9.17) is 5.73 Å². The van der Waals surface area contributed by atoms with Crippen LogP contribution >= 0.6 is 21.8 Å². The Kier molecular flexibility index (Phi) is 3.16. The predicted octanol–water partition coefficient (Wildman–Crippen LogP) is 1.94. The molecule has 19 heavy (non-hydrogen) atoms. The molecule has 0 saturated carbocycles. The van der Waals surface area contributed by atoms with Gasteiger partial charge >= 0.3 is 0 Å². The van der Waals surface area contributed by atoms with E-state index in [0.29, 0.717) is 0 Å². The number of hydrogen-bond donors (Lipinski definition) is 3. The molecular weight excluding hydrogens is 278 g/mol. The Morgan fingerprint density at radius 2 is 1.32 bits per heavy atom. The maximum absolute atomic E-state index is 6.01. The molecule has 5 nitrogen and oxygen atoms in total. The highest BCUT2D eigenvalue weighted by molar-refractivity contribution is 8.40. The maximum atomic E-state index is 6.01. The molecule has 7 heteroatoms. The first kappa shape index (κ1) is 12.4. The average molecular weight is 293 g/mol. The van der Waals surface area contributed by atoms with Crippen molar-refractivity contribution >= 4 is 48.7 Å². The molecule has 2 aliphatic rings. The minimum Gasteiger partial charge on any atom is -0.399 e. The number of nitrogens with two attached hydrogens (primary N) is 1. The lowest BCUT2D eigenvalue weighted by atomic mass is 10.1. The van der Waals surface area contributed by atoms with Crippen LogP contribution in [0.15, 0.2) is 38.6 Å². The van der Waals surface area contributed by atoms with Crippen LogP contribution in [0.5, 0.6) is 0 Å². The second-order valence-electron chi connectivity index (χ2n) is 4.37. The number of hydrogen-bond acceptors (Lipinski definition) is 5. The smallest absolute Gasteiger partial charge is 0.111 e. The molecular formula is C12H15N5S2. The Hall–Kier alpha value is -1.60. The molecule has 2 N–H and O–H groups in total. The lowest BCUT2D eigenvalue weighted by Gasteiger charge is -2.13. The van der Waals surface area contributed by atoms with Gasteiger partial charge in [0.05, 0.1) is 11.1 Å². The Bertz CT molecular complexity index is 595. The summed E-state index contributed by atoms with van der Waals surface area (Å²) in [5, 5.41) is 18.4. The van der Waals surface area contributed by atoms with Crippen molar-refractivity contribution in [3.05, 3.63) is 29.3 Å². The van der Waals surface area contributed by atoms with Gasteiger partial charge < -0.3 is 5.73 Å². The first-order chi connectivity index (χ1) is 9.15. The third-order valence-electron chi connectivity index (χ3n) is 2.89. The molecule has 2 unspecified atom stereocenters. The van der Waals surface area contributed by atoms with Crippen LogP contribution < -0.4 is 5.73 Å². The monoisotopic (exact) mass is 293 g/mol. The van der Waals surface area contributed by atoms with Gasteiger partial charge in [0.15, 0.2) is 0 Å². The van der Waals surface area contributed by atoms with E-state index in [1.807, 2.05) is 23.2 Å². The summed E-state index contributed by atoms with van der Waals surface area (Å²) in [6, 6.07) is 5.99. The minimum atomic E-state index is -0.416. The topological polar surface area (TPSA) is 75.5 Å². The van der Waals surface area contributed by atoms with Gasteiger partial charge in [0.1, 0.15) is 10.1 Å². The summed E-state index contributed by atoms with van der Waals surface area (Å²) < 4.78 is 0. The molecule has 2 atom stereocenters. The number of anilines is 1. The van der Waals surface area contributed by atoms with Crippen LogP contribution in [-0.2, 0) is 0 Å². The predicted molar refractivity (Wildman–Crippen MR) is 90.7 cm³/mol. The molecule has 0 amide bonds. The summed E-state index contributed by atoms with van der Waals surface area (Å²) >= 11 is 0. The van der Waals surface area contributed by atoms with Crippen LogP contribution in [0.2, 0.25) is 0 Å². The van der Waals surface area contributed by atoms with Gasteiger partial charge in [-0.2, -0.15) is 32.0 Å². The Morgan fingerprint density at radius 3 is 1.68 bits per heavy atom. The summed E-state index contributed by atoms with van der Waals surface area (Å²) in [6.45, 7) is 0. The van der Waals surface area contributed by atoms with Crippen molar-refractivity contribution in [2.75, 3.05) is 18.2 Å². The first-order valence-electron chi connectivity index (χ1n) is 5.74. The van der Waals surface area contributed by atoms with Crippen molar-refractivity contribution in [2.24, 2.45) is 20.4 Å². The van der Waals surface area contributed by atoms with Crippen LogP contribution in [0, 0.1) is 0 Å². The van der Waals surface area contributed by atoms with Gasteiger partial charge in [0, 0.05) is 16.8 Å². The van der Waals surface area contributed by atoms with Gasteiger partial charge in [-0.05, 0) is 30.7 Å². The second-order valence-corrected chi connectivity index (χ2v) is 8.13. The summed E-state index contributed by atoms with van der Waals surface area (Å²) in [6.07, 6.45) is 4.27. The third-order valence-corrected chi connectivity index (χ3v) is 5.83. The van der Waals surface area contributed by atoms with Crippen molar-refractivity contribution in [1.82, 2.24) is 0 Å². The number of thiol groups is 2. The molecule has 0 spiro atoms. The Labute approximate surface area is 117 Å². The van der Waals surface area contributed by atoms with E-state index >= 15 is 0 Å². The number of rotatable bonds is 2. The lowest BCUT2D eigenvalue weighted by Crippen LogP contribution is -2.05. The molecule has 0 radical (unpaired) electrons. The van der Waals surface area contributed by atoms with E-state index in [-0.39, 0.29) is 0 Å². The van der Waals surface area contributed by atoms with E-state index in [0.717, 1.165) is 26.9 Å². The Morgan fingerprint density at radius 1 is 0.842 bits per heavy atom. The average Bonchev–Trinajstić information content (AvgIpc) is 2.97. The van der Waals surface area contributed by atoms with Gasteiger partial charge in [-0.15, -0.1) is 10.2 Å². The zero-order valence-corrected chi connectivity index (χ0v) is 12.4. The molecule has 0 fully saturated rings. The Balaban J connectivity index is 2.02. The fourth-order valence-electron chi connectivity index (χ4n) is 2.00. The van der Waals surface area contributed by atoms with E-state index < -0.39 is 21.8 Å². The number of nitrogens with zero attached hydrogens (tertiary/aromatic N) is 4. The summed E-state index contributed by atoms with van der Waals surface area (Å²) in [7, 11) is -0.832. The molecule has 3 rings (SSSR count). The third kappa shape index (κ3) is 2.31. The van der Waals surface area contributed by atoms with Crippen molar-refractivity contribution in [3.8, 4) is 0 Å². The maximum Gasteiger partial charge on any atom is 0.111 e. The molecule has 1 aromatic rings. The molecule has 0 bridgehead atoms. The van der Waals surface area contributed by atoms with E-state index in [2.05, 4.69) is 39.0 Å². The summed E-state index contributed by atoms with van der Waals surface area (Å²) in [4.78, 5) is 0. The first-order valence-corrected chi connectivity index (χ1v) is 9.46. The van der Waals surface area contributed by atoms with Crippen molar-refractivity contribution in [1.29, 1.82) is 0 Å². The van der Waals surface area contributed by atoms with Gasteiger partial charge in [0.2, 0.25) is 0 Å². The molecule has 100 valence electrons. The SMILES string of the molecule is C[SH]1C=NN=C1c1cc(N)cc(C2=NN=C[SH]2C)c1. The van der Waals surface area contributed by atoms with Crippen molar-refractivity contribution < 1.29 is 0 Å². The van der Waals surface area contributed by atoms with E-state index in [1.165, 1.54) is 0 Å². The fourth-order valence-corrected chi connectivity index (χ4v) is 4.09. The molecule has 2 heterocycles. The van der Waals surface area contributed by atoms with Crippen LogP contribution in [0.25, 0.3) is 0 Å². The van der Waals surface area contributed by atoms with Crippen LogP contribution in [0.1, 0.15) is 11.1 Å². The van der Waals surface area contributed by atoms with Crippen LogP contribution in [-0.4, -0.2) is 33.7 Å². The molecule has 0 saturated heterocycles. The zero-order valence-electron chi connectivity index (χ0n) is 10.6. The fraction of sp³-hybridized carbons (Fsp3) is 0.167. The van der Waals surface area contributed by atoms with E-state index in [9.17, 15) is 0 Å². The molecule has 1 aromatic carbocycles. The number of nitrogen functional groups attached to an aromatic ring is 1. The van der Waals surface area contributed by atoms with Crippen molar-refractivity contribution in [3.63, 3.8) is 0 Å². The highest BCUT2D eigenvalue weighted by Crippen LogP contribution is 2.33. The molecule has 0 aromatic heterocycles. The molecule has 0 aliphatic carbocycles. The zero-order chi connectivity index (χ0) is 13.4. The van der Waals surface area contributed by atoms with Crippen molar-refractivity contribution in [2.45, 2.75) is 0 Å². The molecule has 2 aliphatic heterocycles. The van der Waals surface area contributed by atoms with Gasteiger partial charge in [-0.1, -0.05) is 0 Å². The summed E-state index contributed by atoms with van der Waals surface area (Å²) in [5.41, 5.74) is 12.6. The van der Waals surface area contributed by atoms with Gasteiger partial charge in [0.25, 0.3) is 0 Å². The number of benzene rings is 1. The minimum absolute atomic E-state index is 0.416. The quantitative estimate of drug-likeness (QED) is 0.565. The van der Waals surface area contributed by atoms with Gasteiger partial charge in [-0.25, -0.2) is 0 Å². The summed E-state index contributed by atoms with van der Waals surface area (Å²) in [5.74, 6) is 0. The van der Waals surface area contributed by atoms with Crippen LogP contribution in [0.3, 0.4) is 0 Å².